The normalized spacial score (nSPS) is 15.4. The zero-order chi connectivity index (χ0) is 22.3. The highest BCUT2D eigenvalue weighted by atomic mass is 32.2. The highest BCUT2D eigenvalue weighted by Crippen LogP contribution is 2.21. The van der Waals surface area contributed by atoms with Crippen LogP contribution in [-0.2, 0) is 14.8 Å². The Bertz CT molecular complexity index is 1060. The van der Waals surface area contributed by atoms with Crippen LogP contribution in [0.2, 0.25) is 0 Å². The summed E-state index contributed by atoms with van der Waals surface area (Å²) in [5.41, 5.74) is 1.97. The molecule has 0 bridgehead atoms. The minimum Gasteiger partial charge on any atom is -0.312 e. The lowest BCUT2D eigenvalue weighted by Crippen LogP contribution is -2.34. The number of anilines is 1. The van der Waals surface area contributed by atoms with Gasteiger partial charge in [-0.1, -0.05) is 37.8 Å². The summed E-state index contributed by atoms with van der Waals surface area (Å²) in [7, 11) is -1.94. The molecule has 0 atom stereocenters. The van der Waals surface area contributed by atoms with E-state index in [-0.39, 0.29) is 16.8 Å². The second kappa shape index (κ2) is 10.4. The third-order valence-electron chi connectivity index (χ3n) is 5.50. The fourth-order valence-electron chi connectivity index (χ4n) is 3.61. The van der Waals surface area contributed by atoms with E-state index in [1.807, 2.05) is 0 Å². The smallest absolute Gasteiger partial charge is 0.250 e. The maximum atomic E-state index is 12.7. The molecule has 162 valence electrons. The minimum absolute atomic E-state index is 0.0104. The van der Waals surface area contributed by atoms with Crippen molar-refractivity contribution < 1.29 is 13.2 Å². The first kappa shape index (κ1) is 22.7. The van der Waals surface area contributed by atoms with E-state index in [0.717, 1.165) is 44.1 Å². The van der Waals surface area contributed by atoms with E-state index in [4.69, 9.17) is 5.26 Å². The van der Waals surface area contributed by atoms with Crippen molar-refractivity contribution in [3.8, 4) is 6.07 Å². The number of hydrogen-bond acceptors (Lipinski definition) is 4. The van der Waals surface area contributed by atoms with Crippen molar-refractivity contribution in [2.75, 3.05) is 11.9 Å². The van der Waals surface area contributed by atoms with E-state index in [1.54, 1.807) is 49.5 Å². The van der Waals surface area contributed by atoms with Crippen LogP contribution in [0.4, 0.5) is 5.69 Å². The number of nitriles is 1. The number of likely N-dealkylation sites (N-methyl/N-ethyl adjacent to an activating group) is 1. The fourth-order valence-corrected chi connectivity index (χ4v) is 4.91. The van der Waals surface area contributed by atoms with Crippen molar-refractivity contribution >= 4 is 27.7 Å². The fraction of sp³-hybridized carbons (Fsp3) is 0.333. The Morgan fingerprint density at radius 1 is 1.03 bits per heavy atom. The van der Waals surface area contributed by atoms with Crippen LogP contribution in [0.25, 0.3) is 6.08 Å². The Balaban J connectivity index is 1.64. The minimum atomic E-state index is -3.58. The van der Waals surface area contributed by atoms with Gasteiger partial charge in [0.05, 0.1) is 16.5 Å². The molecule has 1 aliphatic carbocycles. The summed E-state index contributed by atoms with van der Waals surface area (Å²) in [5.74, 6) is -0.239. The van der Waals surface area contributed by atoms with Crippen molar-refractivity contribution in [1.82, 2.24) is 4.72 Å². The van der Waals surface area contributed by atoms with Crippen LogP contribution >= 0.6 is 0 Å². The van der Waals surface area contributed by atoms with Gasteiger partial charge in [-0.05, 0) is 60.9 Å². The molecule has 0 aromatic heterocycles. The van der Waals surface area contributed by atoms with E-state index in [2.05, 4.69) is 10.8 Å². The number of nitrogens with zero attached hydrogens (tertiary/aromatic N) is 2. The van der Waals surface area contributed by atoms with E-state index in [1.165, 1.54) is 23.1 Å². The van der Waals surface area contributed by atoms with Gasteiger partial charge in [0.2, 0.25) is 10.0 Å². The van der Waals surface area contributed by atoms with Crippen molar-refractivity contribution in [2.24, 2.45) is 0 Å². The summed E-state index contributed by atoms with van der Waals surface area (Å²) >= 11 is 0. The van der Waals surface area contributed by atoms with E-state index < -0.39 is 10.0 Å². The topological polar surface area (TPSA) is 90.3 Å². The predicted molar refractivity (Wildman–Crippen MR) is 122 cm³/mol. The van der Waals surface area contributed by atoms with Crippen LogP contribution in [0.3, 0.4) is 0 Å². The van der Waals surface area contributed by atoms with Gasteiger partial charge < -0.3 is 4.90 Å². The largest absolute Gasteiger partial charge is 0.312 e. The van der Waals surface area contributed by atoms with Crippen LogP contribution in [0.1, 0.15) is 49.7 Å². The SMILES string of the molecule is CN(C(=O)/C=C/c1ccc(C#N)cc1)c1ccc(S(=O)(=O)NC2CCCCCC2)cc1. The molecule has 3 rings (SSSR count). The van der Waals surface area contributed by atoms with Gasteiger partial charge in [-0.2, -0.15) is 5.26 Å². The highest BCUT2D eigenvalue weighted by Gasteiger charge is 2.21. The lowest BCUT2D eigenvalue weighted by Gasteiger charge is -2.18. The van der Waals surface area contributed by atoms with Crippen LogP contribution in [-0.4, -0.2) is 27.4 Å². The second-order valence-corrected chi connectivity index (χ2v) is 9.48. The average Bonchev–Trinajstić information content (AvgIpc) is 3.05. The van der Waals surface area contributed by atoms with Gasteiger partial charge in [-0.25, -0.2) is 13.1 Å². The number of sulfonamides is 1. The molecule has 1 fully saturated rings. The van der Waals surface area contributed by atoms with Crippen LogP contribution < -0.4 is 9.62 Å². The molecule has 1 N–H and O–H groups in total. The molecule has 1 aliphatic rings. The number of rotatable bonds is 6. The average molecular weight is 438 g/mol. The maximum Gasteiger partial charge on any atom is 0.250 e. The van der Waals surface area contributed by atoms with Crippen molar-refractivity contribution in [2.45, 2.75) is 49.5 Å². The van der Waals surface area contributed by atoms with Crippen molar-refractivity contribution in [3.63, 3.8) is 0 Å². The molecule has 0 spiro atoms. The first-order valence-electron chi connectivity index (χ1n) is 10.5. The maximum absolute atomic E-state index is 12.7. The molecule has 31 heavy (non-hydrogen) atoms. The van der Waals surface area contributed by atoms with Gasteiger partial charge in [-0.15, -0.1) is 0 Å². The summed E-state index contributed by atoms with van der Waals surface area (Å²) in [4.78, 5) is 14.1. The molecule has 1 amide bonds. The van der Waals surface area contributed by atoms with Crippen LogP contribution in [0.5, 0.6) is 0 Å². The summed E-state index contributed by atoms with van der Waals surface area (Å²) in [6.45, 7) is 0. The number of amides is 1. The monoisotopic (exact) mass is 437 g/mol. The third kappa shape index (κ3) is 6.27. The Kier molecular flexibility index (Phi) is 7.61. The predicted octanol–water partition coefficient (Wildman–Crippen LogP) is 4.24. The van der Waals surface area contributed by atoms with E-state index >= 15 is 0 Å². The van der Waals surface area contributed by atoms with E-state index in [0.29, 0.717) is 11.3 Å². The molecule has 0 aliphatic heterocycles. The zero-order valence-corrected chi connectivity index (χ0v) is 18.4. The summed E-state index contributed by atoms with van der Waals surface area (Å²) in [5, 5.41) is 8.84. The zero-order valence-electron chi connectivity index (χ0n) is 17.6. The Labute approximate surface area is 184 Å². The van der Waals surface area contributed by atoms with Crippen LogP contribution in [0, 0.1) is 11.3 Å². The molecular weight excluding hydrogens is 410 g/mol. The number of carbonyl (C=O) groups excluding carboxylic acids is 1. The summed E-state index contributed by atoms with van der Waals surface area (Å²) < 4.78 is 28.2. The summed E-state index contributed by atoms with van der Waals surface area (Å²) in [6, 6.07) is 15.3. The Morgan fingerprint density at radius 2 is 1.65 bits per heavy atom. The quantitative estimate of drug-likeness (QED) is 0.541. The van der Waals surface area contributed by atoms with Gasteiger partial charge >= 0.3 is 0 Å². The van der Waals surface area contributed by atoms with Gasteiger partial charge in [0.1, 0.15) is 0 Å². The molecule has 2 aromatic rings. The van der Waals surface area contributed by atoms with Gasteiger partial charge in [0.25, 0.3) is 5.91 Å². The highest BCUT2D eigenvalue weighted by molar-refractivity contribution is 7.89. The van der Waals surface area contributed by atoms with Crippen LogP contribution in [0.15, 0.2) is 59.5 Å². The Hall–Kier alpha value is -2.95. The van der Waals surface area contributed by atoms with Gasteiger partial charge in [0, 0.05) is 24.9 Å². The number of nitrogens with one attached hydrogen (secondary N) is 1. The van der Waals surface area contributed by atoms with Gasteiger partial charge in [0.15, 0.2) is 0 Å². The third-order valence-corrected chi connectivity index (χ3v) is 7.04. The molecule has 0 saturated heterocycles. The van der Waals surface area contributed by atoms with Gasteiger partial charge in [-0.3, -0.25) is 4.79 Å². The Morgan fingerprint density at radius 3 is 2.23 bits per heavy atom. The second-order valence-electron chi connectivity index (χ2n) is 7.77. The number of hydrogen-bond donors (Lipinski definition) is 1. The molecule has 0 unspecified atom stereocenters. The molecule has 2 aromatic carbocycles. The molecule has 0 radical (unpaired) electrons. The molecular formula is C24H27N3O3S. The van der Waals surface area contributed by atoms with Crippen molar-refractivity contribution in [1.29, 1.82) is 5.26 Å². The van der Waals surface area contributed by atoms with E-state index in [9.17, 15) is 13.2 Å². The number of carbonyl (C=O) groups is 1. The lowest BCUT2D eigenvalue weighted by molar-refractivity contribution is -0.113. The lowest BCUT2D eigenvalue weighted by atomic mass is 10.1. The van der Waals surface area contributed by atoms with Crippen molar-refractivity contribution in [3.05, 3.63) is 65.7 Å². The standard InChI is InChI=1S/C24H27N3O3S/c1-27(24(28)17-12-19-8-10-20(18-25)11-9-19)22-13-15-23(16-14-22)31(29,30)26-21-6-4-2-3-5-7-21/h8-17,21,26H,2-7H2,1H3/b17-12+. The number of benzene rings is 2. The molecule has 6 nitrogen and oxygen atoms in total. The first-order valence-corrected chi connectivity index (χ1v) is 12.0. The molecule has 0 heterocycles. The molecule has 1 saturated carbocycles. The summed E-state index contributed by atoms with van der Waals surface area (Å²) in [6.07, 6.45) is 9.29. The first-order chi connectivity index (χ1) is 14.9. The molecule has 7 heteroatoms.